The van der Waals surface area contributed by atoms with E-state index in [1.165, 1.54) is 18.4 Å². The summed E-state index contributed by atoms with van der Waals surface area (Å²) in [5.74, 6) is -0.176. The first-order valence-electron chi connectivity index (χ1n) is 13.0. The smallest absolute Gasteiger partial charge is 0.550 e. The summed E-state index contributed by atoms with van der Waals surface area (Å²) in [5, 5.41) is 11.4. The Hall–Kier alpha value is -1.40. The van der Waals surface area contributed by atoms with Crippen molar-refractivity contribution in [3.8, 4) is 0 Å². The van der Waals surface area contributed by atoms with Crippen LogP contribution in [0.3, 0.4) is 0 Å². The second-order valence-corrected chi connectivity index (χ2v) is 10.4. The third-order valence-electron chi connectivity index (χ3n) is 8.34. The fourth-order valence-electron chi connectivity index (χ4n) is 6.26. The SMILES string of the molecule is CC/C(=C\C=C\[C@@H]1C=C[C@@H]2CCC[C@H]2[C@@H]1C(=O)c1ccc[nH]1)[C@@H]1O[C@@H]([C@@H](C)C(=O)[O-])CC[C@@H]1C.[Na+]. The fourth-order valence-corrected chi connectivity index (χ4v) is 6.26. The van der Waals surface area contributed by atoms with Crippen LogP contribution in [0.15, 0.2) is 54.3 Å². The molecule has 2 aliphatic carbocycles. The fraction of sp³-hybridized carbons (Fsp3) is 0.586. The van der Waals surface area contributed by atoms with Crippen molar-refractivity contribution >= 4 is 11.8 Å². The van der Waals surface area contributed by atoms with Crippen molar-refractivity contribution in [3.63, 3.8) is 0 Å². The molecule has 3 aliphatic rings. The Kier molecular flexibility index (Phi) is 10.2. The number of ether oxygens (including phenoxy) is 1. The van der Waals surface area contributed by atoms with E-state index in [2.05, 4.69) is 49.2 Å². The van der Waals surface area contributed by atoms with E-state index in [4.69, 9.17) is 4.74 Å². The summed E-state index contributed by atoms with van der Waals surface area (Å²) in [6, 6.07) is 3.77. The molecule has 6 heteroatoms. The van der Waals surface area contributed by atoms with Gasteiger partial charge >= 0.3 is 29.6 Å². The topological polar surface area (TPSA) is 82.2 Å². The number of rotatable bonds is 8. The summed E-state index contributed by atoms with van der Waals surface area (Å²) in [7, 11) is 0. The van der Waals surface area contributed by atoms with Crippen LogP contribution in [0.4, 0.5) is 0 Å². The molecule has 8 atom stereocenters. The number of hydrogen-bond acceptors (Lipinski definition) is 4. The van der Waals surface area contributed by atoms with Gasteiger partial charge in [-0.15, -0.1) is 0 Å². The molecule has 2 fully saturated rings. The number of aromatic nitrogens is 1. The number of aliphatic carboxylic acids is 1. The van der Waals surface area contributed by atoms with Crippen molar-refractivity contribution in [2.45, 2.75) is 71.5 Å². The summed E-state index contributed by atoms with van der Waals surface area (Å²) >= 11 is 0. The van der Waals surface area contributed by atoms with E-state index in [0.29, 0.717) is 23.4 Å². The van der Waals surface area contributed by atoms with Crippen molar-refractivity contribution in [2.75, 3.05) is 0 Å². The minimum absolute atomic E-state index is 0. The molecule has 0 spiro atoms. The van der Waals surface area contributed by atoms with Gasteiger partial charge in [0.05, 0.1) is 17.9 Å². The Labute approximate surface area is 231 Å². The maximum atomic E-state index is 13.4. The molecular formula is C29H38NNaO4. The number of aromatic amines is 1. The Balaban J connectivity index is 0.00000342. The molecule has 1 saturated heterocycles. The number of ketones is 1. The molecule has 0 unspecified atom stereocenters. The number of carbonyl (C=O) groups is 2. The van der Waals surface area contributed by atoms with E-state index in [9.17, 15) is 14.7 Å². The molecule has 5 nitrogen and oxygen atoms in total. The molecule has 184 valence electrons. The van der Waals surface area contributed by atoms with Gasteiger partial charge in [-0.2, -0.15) is 0 Å². The summed E-state index contributed by atoms with van der Waals surface area (Å²) in [6.07, 6.45) is 18.3. The molecule has 0 aromatic carbocycles. The van der Waals surface area contributed by atoms with Crippen LogP contribution in [0.2, 0.25) is 0 Å². The monoisotopic (exact) mass is 487 g/mol. The molecule has 35 heavy (non-hydrogen) atoms. The largest absolute Gasteiger partial charge is 1.00 e. The summed E-state index contributed by atoms with van der Waals surface area (Å²) in [4.78, 5) is 27.9. The normalized spacial score (nSPS) is 33.8. The first-order chi connectivity index (χ1) is 16.4. The first-order valence-corrected chi connectivity index (χ1v) is 13.0. The molecule has 1 aromatic heterocycles. The quantitative estimate of drug-likeness (QED) is 0.263. The minimum atomic E-state index is -1.05. The Morgan fingerprint density at radius 3 is 2.71 bits per heavy atom. The molecular weight excluding hydrogens is 449 g/mol. The van der Waals surface area contributed by atoms with Gasteiger partial charge in [-0.3, -0.25) is 4.79 Å². The molecule has 4 rings (SSSR count). The molecule has 2 heterocycles. The first kappa shape index (κ1) is 28.2. The van der Waals surface area contributed by atoms with Crippen LogP contribution >= 0.6 is 0 Å². The van der Waals surface area contributed by atoms with Gasteiger partial charge in [-0.1, -0.05) is 57.6 Å². The van der Waals surface area contributed by atoms with Crippen molar-refractivity contribution in [1.29, 1.82) is 0 Å². The van der Waals surface area contributed by atoms with Crippen molar-refractivity contribution in [1.82, 2.24) is 4.98 Å². The second-order valence-electron chi connectivity index (χ2n) is 10.4. The molecule has 1 aliphatic heterocycles. The van der Waals surface area contributed by atoms with Crippen molar-refractivity contribution in [3.05, 3.63) is 60.0 Å². The average Bonchev–Trinajstić information content (AvgIpc) is 3.53. The van der Waals surface area contributed by atoms with Gasteiger partial charge in [0, 0.05) is 29.9 Å². The Morgan fingerprint density at radius 2 is 2.03 bits per heavy atom. The predicted octanol–water partition coefficient (Wildman–Crippen LogP) is 1.88. The van der Waals surface area contributed by atoms with Gasteiger partial charge in [0.25, 0.3) is 0 Å². The van der Waals surface area contributed by atoms with E-state index in [0.717, 1.165) is 25.7 Å². The molecule has 0 bridgehead atoms. The van der Waals surface area contributed by atoms with Crippen LogP contribution in [-0.2, 0) is 9.53 Å². The third kappa shape index (κ3) is 6.30. The number of fused-ring (bicyclic) bond motifs is 1. The maximum Gasteiger partial charge on any atom is 1.00 e. The van der Waals surface area contributed by atoms with Gasteiger partial charge in [0.15, 0.2) is 5.78 Å². The van der Waals surface area contributed by atoms with E-state index in [-0.39, 0.29) is 59.4 Å². The number of carbonyl (C=O) groups excluding carboxylic acids is 2. The zero-order chi connectivity index (χ0) is 24.2. The molecule has 1 aromatic rings. The van der Waals surface area contributed by atoms with Crippen molar-refractivity contribution < 1.29 is 49.0 Å². The van der Waals surface area contributed by atoms with Gasteiger partial charge in [-0.25, -0.2) is 0 Å². The van der Waals surface area contributed by atoms with Gasteiger partial charge in [-0.05, 0) is 67.6 Å². The average molecular weight is 488 g/mol. The third-order valence-corrected chi connectivity index (χ3v) is 8.34. The van der Waals surface area contributed by atoms with Crippen molar-refractivity contribution in [2.24, 2.45) is 35.5 Å². The number of nitrogens with one attached hydrogen (secondary N) is 1. The number of carboxylic acid groups (broad SMARTS) is 1. The number of carboxylic acids is 1. The van der Waals surface area contributed by atoms with Crippen LogP contribution in [0.1, 0.15) is 69.8 Å². The number of allylic oxidation sites excluding steroid dienone is 5. The standard InChI is InChI=1S/C29H39NO4.Na/c1-4-20(28-18(2)13-16-25(34-28)19(3)29(32)33)8-5-10-22-15-14-21-9-6-11-23(21)26(22)27(31)24-12-7-17-30-24;/h5,7-8,10,12,14-15,17-19,21-23,25-26,28,30H,4,6,9,11,13,16H2,1-3H3,(H,32,33);/q;+1/p-1/b10-5+,20-8+;/t18-,19+,21-,22+,23+,25+,26+,28+;/m0./s1. The summed E-state index contributed by atoms with van der Waals surface area (Å²) in [6.45, 7) is 5.96. The molecule has 0 amide bonds. The second kappa shape index (κ2) is 12.7. The molecule has 0 radical (unpaired) electrons. The van der Waals surface area contributed by atoms with Crippen LogP contribution < -0.4 is 34.7 Å². The van der Waals surface area contributed by atoms with Crippen LogP contribution in [0.25, 0.3) is 0 Å². The van der Waals surface area contributed by atoms with Crippen LogP contribution in [-0.4, -0.2) is 28.9 Å². The van der Waals surface area contributed by atoms with Gasteiger partial charge in [0.2, 0.25) is 0 Å². The zero-order valence-electron chi connectivity index (χ0n) is 21.6. The minimum Gasteiger partial charge on any atom is -0.550 e. The van der Waals surface area contributed by atoms with E-state index < -0.39 is 11.9 Å². The number of Topliss-reactive ketones (excluding diaryl/α,β-unsaturated/α-hetero) is 1. The van der Waals surface area contributed by atoms with Gasteiger partial charge < -0.3 is 19.6 Å². The zero-order valence-corrected chi connectivity index (χ0v) is 23.6. The maximum absolute atomic E-state index is 13.4. The predicted molar refractivity (Wildman–Crippen MR) is 131 cm³/mol. The van der Waals surface area contributed by atoms with E-state index >= 15 is 0 Å². The van der Waals surface area contributed by atoms with E-state index in [1.807, 2.05) is 18.3 Å². The van der Waals surface area contributed by atoms with E-state index in [1.54, 1.807) is 6.92 Å². The number of hydrogen-bond donors (Lipinski definition) is 1. The molecule has 1 saturated carbocycles. The Morgan fingerprint density at radius 1 is 1.23 bits per heavy atom. The summed E-state index contributed by atoms with van der Waals surface area (Å²) < 4.78 is 6.29. The Bertz CT molecular complexity index is 950. The van der Waals surface area contributed by atoms with Gasteiger partial charge in [0.1, 0.15) is 0 Å². The summed E-state index contributed by atoms with van der Waals surface area (Å²) in [5.41, 5.74) is 1.87. The van der Waals surface area contributed by atoms with Crippen LogP contribution in [0, 0.1) is 35.5 Å². The number of H-pyrrole nitrogens is 1. The van der Waals surface area contributed by atoms with Crippen LogP contribution in [0.5, 0.6) is 0 Å². The molecule has 1 N–H and O–H groups in total.